The standard InChI is InChI=1S/C39H57ClN5O9P/c1-3-4-5-6-7-8-9-10-11-12-13-14-15-16-19-50-25-31(51-24-29-20-28(23-41)21-30(40)22-29)26-52-55(48,49)54-37-38(2)39(37,47)35(46)34(53-38)32-17-18-33-36(42)43-27-44-45(32)33/h17-18,20-22,27,31,34-35,37,46-47H,3-16,19,24-26H2,1-2H3,(H,48,49)(H2,42,43,44)/t31-,34-,35-,37?,38+,39+/m0/s1. The van der Waals surface area contributed by atoms with Crippen molar-refractivity contribution in [3.05, 3.63) is 58.5 Å². The minimum Gasteiger partial charge on any atom is -0.387 e. The Kier molecular flexibility index (Phi) is 15.9. The van der Waals surface area contributed by atoms with Crippen LogP contribution in [0.25, 0.3) is 5.52 Å². The number of aliphatic hydroxyl groups is 2. The zero-order valence-electron chi connectivity index (χ0n) is 32.0. The maximum atomic E-state index is 13.2. The number of rotatable bonds is 26. The van der Waals surface area contributed by atoms with Gasteiger partial charge in [0.2, 0.25) is 0 Å². The van der Waals surface area contributed by atoms with Crippen LogP contribution in [0.15, 0.2) is 36.7 Å². The lowest BCUT2D eigenvalue weighted by Gasteiger charge is -2.24. The summed E-state index contributed by atoms with van der Waals surface area (Å²) in [6.07, 6.45) is 14.1. The number of anilines is 1. The average Bonchev–Trinajstić information content (AvgIpc) is 3.42. The van der Waals surface area contributed by atoms with Crippen LogP contribution in [0.4, 0.5) is 5.82 Å². The molecule has 3 heterocycles. The Labute approximate surface area is 328 Å². The van der Waals surface area contributed by atoms with Gasteiger partial charge < -0.3 is 35.1 Å². The van der Waals surface area contributed by atoms with Crippen LogP contribution in [0.2, 0.25) is 5.02 Å². The number of hydrogen-bond acceptors (Lipinski definition) is 12. The summed E-state index contributed by atoms with van der Waals surface area (Å²) in [5.74, 6) is 0.227. The third-order valence-corrected chi connectivity index (χ3v) is 11.9. The molecule has 2 aromatic heterocycles. The molecule has 2 fully saturated rings. The predicted octanol–water partition coefficient (Wildman–Crippen LogP) is 7.36. The molecule has 0 spiro atoms. The smallest absolute Gasteiger partial charge is 0.387 e. The molecule has 2 aliphatic rings. The van der Waals surface area contributed by atoms with Crippen LogP contribution < -0.4 is 5.73 Å². The molecule has 3 aromatic rings. The molecule has 5 N–H and O–H groups in total. The molecule has 1 saturated heterocycles. The average molecular weight is 806 g/mol. The highest BCUT2D eigenvalue weighted by molar-refractivity contribution is 7.47. The van der Waals surface area contributed by atoms with Gasteiger partial charge in [-0.25, -0.2) is 14.1 Å². The first-order valence-corrected chi connectivity index (χ1v) is 21.5. The molecule has 14 nitrogen and oxygen atoms in total. The SMILES string of the molecule is CCCCCCCCCCCCCCCCOC[C@@H](COP(=O)(O)OC1[C@@]2(C)O[C@@H](c3ccc4c(N)ncnn34)[C@H](O)[C@@]12O)OCc1cc(Cl)cc(C#N)c1. The van der Waals surface area contributed by atoms with Crippen molar-refractivity contribution in [3.8, 4) is 6.07 Å². The molecule has 2 unspecified atom stereocenters. The van der Waals surface area contributed by atoms with E-state index in [9.17, 15) is 24.9 Å². The van der Waals surface area contributed by atoms with Crippen LogP contribution in [0, 0.1) is 11.3 Å². The molecule has 55 heavy (non-hydrogen) atoms. The lowest BCUT2D eigenvalue weighted by Crippen LogP contribution is -2.35. The number of fused-ring (bicyclic) bond motifs is 2. The summed E-state index contributed by atoms with van der Waals surface area (Å²) in [4.78, 5) is 14.7. The zero-order chi connectivity index (χ0) is 39.5. The highest BCUT2D eigenvalue weighted by Gasteiger charge is 2.87. The van der Waals surface area contributed by atoms with Crippen LogP contribution in [-0.2, 0) is 34.4 Å². The van der Waals surface area contributed by atoms with E-state index in [0.29, 0.717) is 34.0 Å². The molecule has 16 heteroatoms. The number of unbranched alkanes of at least 4 members (excludes halogenated alkanes) is 13. The molecule has 1 aromatic carbocycles. The van der Waals surface area contributed by atoms with E-state index in [2.05, 4.69) is 23.1 Å². The summed E-state index contributed by atoms with van der Waals surface area (Å²) < 4.78 is 43.4. The minimum absolute atomic E-state index is 0.0366. The van der Waals surface area contributed by atoms with Gasteiger partial charge in [0.15, 0.2) is 11.4 Å². The van der Waals surface area contributed by atoms with Crippen LogP contribution >= 0.6 is 19.4 Å². The minimum atomic E-state index is -4.82. The second-order valence-corrected chi connectivity index (χ2v) is 16.8. The summed E-state index contributed by atoms with van der Waals surface area (Å²) in [6.45, 7) is 3.94. The molecule has 5 rings (SSSR count). The van der Waals surface area contributed by atoms with Crippen molar-refractivity contribution in [1.82, 2.24) is 14.6 Å². The van der Waals surface area contributed by atoms with Crippen LogP contribution in [0.5, 0.6) is 0 Å². The summed E-state index contributed by atoms with van der Waals surface area (Å²) in [7, 11) is -4.82. The molecule has 0 radical (unpaired) electrons. The Morgan fingerprint density at radius 1 is 1.04 bits per heavy atom. The fourth-order valence-corrected chi connectivity index (χ4v) is 8.73. The van der Waals surface area contributed by atoms with Crippen LogP contribution in [0.1, 0.15) is 127 Å². The van der Waals surface area contributed by atoms with Crippen LogP contribution in [-0.4, -0.2) is 79.0 Å². The highest BCUT2D eigenvalue weighted by Crippen LogP contribution is 2.68. The Balaban J connectivity index is 1.06. The molecular weight excluding hydrogens is 749 g/mol. The lowest BCUT2D eigenvalue weighted by molar-refractivity contribution is -0.0837. The van der Waals surface area contributed by atoms with E-state index in [1.54, 1.807) is 30.3 Å². The van der Waals surface area contributed by atoms with Crippen molar-refractivity contribution in [2.75, 3.05) is 25.6 Å². The molecule has 304 valence electrons. The number of nitriles is 1. The summed E-state index contributed by atoms with van der Waals surface area (Å²) in [6, 6.07) is 10.2. The van der Waals surface area contributed by atoms with Crippen LogP contribution in [0.3, 0.4) is 0 Å². The summed E-state index contributed by atoms with van der Waals surface area (Å²) in [5, 5.41) is 36.5. The topological polar surface area (TPSA) is 204 Å². The van der Waals surface area contributed by atoms with Crippen molar-refractivity contribution < 1.29 is 42.9 Å². The molecular formula is C39H57ClN5O9P. The van der Waals surface area contributed by atoms with E-state index < -0.39 is 43.4 Å². The van der Waals surface area contributed by atoms with E-state index in [-0.39, 0.29) is 25.6 Å². The normalized spacial score (nSPS) is 24.8. The van der Waals surface area contributed by atoms with Gasteiger partial charge in [-0.3, -0.25) is 9.05 Å². The molecule has 7 atom stereocenters. The van der Waals surface area contributed by atoms with Gasteiger partial charge in [-0.05, 0) is 49.2 Å². The van der Waals surface area contributed by atoms with Crippen molar-refractivity contribution in [3.63, 3.8) is 0 Å². The van der Waals surface area contributed by atoms with Gasteiger partial charge in [0.05, 0.1) is 37.1 Å². The molecule has 1 aliphatic heterocycles. The monoisotopic (exact) mass is 805 g/mol. The van der Waals surface area contributed by atoms with Crippen molar-refractivity contribution in [2.45, 2.75) is 146 Å². The maximum absolute atomic E-state index is 13.2. The van der Waals surface area contributed by atoms with Gasteiger partial charge in [0, 0.05) is 11.6 Å². The molecule has 0 bridgehead atoms. The van der Waals surface area contributed by atoms with Gasteiger partial charge >= 0.3 is 7.82 Å². The van der Waals surface area contributed by atoms with Gasteiger partial charge in [-0.15, -0.1) is 0 Å². The predicted molar refractivity (Wildman–Crippen MR) is 207 cm³/mol. The third-order valence-electron chi connectivity index (χ3n) is 10.7. The second kappa shape index (κ2) is 20.1. The molecule has 0 amide bonds. The van der Waals surface area contributed by atoms with E-state index in [1.165, 1.54) is 88.4 Å². The quantitative estimate of drug-likeness (QED) is 0.0463. The Bertz CT molecular complexity index is 1780. The van der Waals surface area contributed by atoms with Gasteiger partial charge in [0.25, 0.3) is 0 Å². The number of ether oxygens (including phenoxy) is 3. The van der Waals surface area contributed by atoms with E-state index in [1.807, 2.05) is 0 Å². The number of nitrogen functional groups attached to an aromatic ring is 1. The lowest BCUT2D eigenvalue weighted by atomic mass is 10.0. The first-order valence-electron chi connectivity index (χ1n) is 19.6. The number of halogens is 1. The van der Waals surface area contributed by atoms with E-state index >= 15 is 0 Å². The number of phosphoric acid groups is 1. The third kappa shape index (κ3) is 11.0. The molecule has 1 aliphatic carbocycles. The number of hydrogen-bond donors (Lipinski definition) is 4. The summed E-state index contributed by atoms with van der Waals surface area (Å²) in [5.41, 5.74) is 4.30. The van der Waals surface area contributed by atoms with Crippen molar-refractivity contribution in [1.29, 1.82) is 5.26 Å². The number of nitrogens with two attached hydrogens (primary N) is 1. The second-order valence-electron chi connectivity index (χ2n) is 14.9. The number of benzene rings is 1. The van der Waals surface area contributed by atoms with E-state index in [4.69, 9.17) is 40.6 Å². The Morgan fingerprint density at radius 2 is 1.69 bits per heavy atom. The maximum Gasteiger partial charge on any atom is 0.472 e. The molecule has 1 saturated carbocycles. The van der Waals surface area contributed by atoms with Crippen molar-refractivity contribution in [2.24, 2.45) is 0 Å². The van der Waals surface area contributed by atoms with E-state index in [0.717, 1.165) is 19.3 Å². The van der Waals surface area contributed by atoms with Gasteiger partial charge in [0.1, 0.15) is 41.9 Å². The number of aromatic nitrogens is 3. The first-order chi connectivity index (χ1) is 26.4. The first kappa shape index (κ1) is 43.5. The zero-order valence-corrected chi connectivity index (χ0v) is 33.6. The Morgan fingerprint density at radius 3 is 2.31 bits per heavy atom. The summed E-state index contributed by atoms with van der Waals surface area (Å²) >= 11 is 6.17. The number of aliphatic hydroxyl groups excluding tert-OH is 1. The van der Waals surface area contributed by atoms with Gasteiger partial charge in [-0.2, -0.15) is 10.4 Å². The number of nitrogens with zero attached hydrogens (tertiary/aromatic N) is 4. The fraction of sp³-hybridized carbons (Fsp3) is 0.667. The largest absolute Gasteiger partial charge is 0.472 e. The van der Waals surface area contributed by atoms with Crippen molar-refractivity contribution >= 4 is 30.8 Å². The highest BCUT2D eigenvalue weighted by atomic mass is 35.5. The number of phosphoric ester groups is 1. The fourth-order valence-electron chi connectivity index (χ4n) is 7.43. The Hall–Kier alpha value is -2.67. The van der Waals surface area contributed by atoms with Gasteiger partial charge in [-0.1, -0.05) is 102 Å².